The molecule has 0 radical (unpaired) electrons. The van der Waals surface area contributed by atoms with E-state index < -0.39 is 22.3 Å². The third-order valence-corrected chi connectivity index (χ3v) is 6.97. The van der Waals surface area contributed by atoms with Crippen LogP contribution in [0.25, 0.3) is 0 Å². The molecule has 36 heavy (non-hydrogen) atoms. The minimum atomic E-state index is -3.89. The maximum Gasteiger partial charge on any atom is 0.240 e. The van der Waals surface area contributed by atoms with Gasteiger partial charge in [0.25, 0.3) is 0 Å². The third kappa shape index (κ3) is 8.74. The zero-order chi connectivity index (χ0) is 26.6. The second-order valence-corrected chi connectivity index (χ2v) is 10.0. The molecule has 1 amide bonds. The second-order valence-electron chi connectivity index (χ2n) is 8.12. The molecule has 2 N–H and O–H groups in total. The number of hydrogen-bond donors (Lipinski definition) is 2. The fraction of sp³-hybridized carbons (Fsp3) is 0.480. The molecule has 1 atom stereocenters. The van der Waals surface area contributed by atoms with Crippen LogP contribution in [-0.2, 0) is 30.8 Å². The Morgan fingerprint density at radius 3 is 2.39 bits per heavy atom. The molecule has 0 aromatic heterocycles. The molecular weight excluding hydrogens is 491 g/mol. The molecular formula is C25H35FN2O7S. The van der Waals surface area contributed by atoms with Gasteiger partial charge < -0.3 is 19.5 Å². The molecule has 0 heterocycles. The Balaban J connectivity index is 2.21. The maximum absolute atomic E-state index is 13.5. The first-order chi connectivity index (χ1) is 17.1. The smallest absolute Gasteiger partial charge is 0.240 e. The Kier molecular flexibility index (Phi) is 11.6. The number of amides is 1. The Morgan fingerprint density at radius 2 is 1.78 bits per heavy atom. The summed E-state index contributed by atoms with van der Waals surface area (Å²) in [7, 11) is -2.43. The van der Waals surface area contributed by atoms with Crippen molar-refractivity contribution < 1.29 is 36.7 Å². The lowest BCUT2D eigenvalue weighted by molar-refractivity contribution is -0.249. The number of ether oxygens (including phenoxy) is 3. The van der Waals surface area contributed by atoms with Crippen LogP contribution in [0.3, 0.4) is 0 Å². The molecule has 2 rings (SSSR count). The van der Waals surface area contributed by atoms with Crippen LogP contribution in [0.4, 0.5) is 4.39 Å². The molecule has 0 aliphatic heterocycles. The van der Waals surface area contributed by atoms with Gasteiger partial charge in [-0.25, -0.2) is 18.7 Å². The Morgan fingerprint density at radius 1 is 1.08 bits per heavy atom. The van der Waals surface area contributed by atoms with Crippen molar-refractivity contribution in [3.8, 4) is 11.5 Å². The molecule has 0 saturated heterocycles. The van der Waals surface area contributed by atoms with Gasteiger partial charge in [-0.2, -0.15) is 0 Å². The van der Waals surface area contributed by atoms with Gasteiger partial charge in [-0.05, 0) is 68.7 Å². The molecule has 0 spiro atoms. The van der Waals surface area contributed by atoms with Crippen LogP contribution < -0.4 is 20.3 Å². The van der Waals surface area contributed by atoms with E-state index in [1.165, 1.54) is 32.2 Å². The summed E-state index contributed by atoms with van der Waals surface area (Å²) in [5.41, 5.74) is 2.79. The number of carbonyl (C=O) groups is 1. The summed E-state index contributed by atoms with van der Waals surface area (Å²) in [6.45, 7) is 5.42. The summed E-state index contributed by atoms with van der Waals surface area (Å²) in [6, 6.07) is 10.9. The molecule has 2 aromatic carbocycles. The zero-order valence-corrected chi connectivity index (χ0v) is 22.0. The number of benzene rings is 2. The van der Waals surface area contributed by atoms with Gasteiger partial charge in [0.15, 0.2) is 0 Å². The van der Waals surface area contributed by atoms with E-state index >= 15 is 0 Å². The van der Waals surface area contributed by atoms with Gasteiger partial charge in [0.2, 0.25) is 21.5 Å². The third-order valence-electron chi connectivity index (χ3n) is 5.12. The van der Waals surface area contributed by atoms with Crippen molar-refractivity contribution in [1.29, 1.82) is 0 Å². The van der Waals surface area contributed by atoms with E-state index in [0.29, 0.717) is 43.1 Å². The summed E-state index contributed by atoms with van der Waals surface area (Å²) in [5, 5.41) is 3.14. The average Bonchev–Trinajstić information content (AvgIpc) is 2.86. The Labute approximate surface area is 212 Å². The lowest BCUT2D eigenvalue weighted by atomic mass is 10.2. The monoisotopic (exact) mass is 526 g/mol. The van der Waals surface area contributed by atoms with E-state index in [4.69, 9.17) is 19.0 Å². The molecule has 9 nitrogen and oxygen atoms in total. The lowest BCUT2D eigenvalue weighted by Crippen LogP contribution is -2.47. The number of sulfone groups is 1. The van der Waals surface area contributed by atoms with Crippen LogP contribution in [0.15, 0.2) is 52.3 Å². The molecule has 0 bridgehead atoms. The van der Waals surface area contributed by atoms with Crippen LogP contribution in [0.2, 0.25) is 0 Å². The van der Waals surface area contributed by atoms with E-state index in [1.54, 1.807) is 38.1 Å². The number of hydroxylamine groups is 1. The normalized spacial score (nSPS) is 13.1. The van der Waals surface area contributed by atoms with Gasteiger partial charge in [-0.1, -0.05) is 6.07 Å². The van der Waals surface area contributed by atoms with Crippen molar-refractivity contribution in [2.45, 2.75) is 55.7 Å². The molecule has 0 saturated carbocycles. The number of alkyl halides is 1. The maximum atomic E-state index is 13.5. The number of methoxy groups -OCH3 is 1. The fourth-order valence-corrected chi connectivity index (χ4v) is 4.82. The molecule has 0 fully saturated rings. The first-order valence-corrected chi connectivity index (χ1v) is 13.1. The van der Waals surface area contributed by atoms with E-state index in [2.05, 4.69) is 10.8 Å². The van der Waals surface area contributed by atoms with Crippen molar-refractivity contribution in [2.24, 2.45) is 0 Å². The molecule has 1 unspecified atom stereocenters. The van der Waals surface area contributed by atoms with Crippen molar-refractivity contribution in [2.75, 3.05) is 33.5 Å². The molecule has 11 heteroatoms. The standard InChI is InChI=1S/C25H35FN2O7S/c1-5-34-25(3,35-28-19(2)29)18-27-17-20-8-9-22(32-4)16-24(20)36(30,31)23-12-10-21(11-13-23)33-15-7-6-14-26/h8-13,16,27H,5-7,14-15,17-18H2,1-4H3,(H,28,29). The molecule has 200 valence electrons. The number of halogens is 1. The number of carbonyl (C=O) groups excluding carboxylic acids is 1. The number of rotatable bonds is 16. The van der Waals surface area contributed by atoms with Crippen LogP contribution >= 0.6 is 0 Å². The average molecular weight is 527 g/mol. The Hall–Kier alpha value is -2.73. The minimum Gasteiger partial charge on any atom is -0.497 e. The first kappa shape index (κ1) is 29.5. The van der Waals surface area contributed by atoms with Gasteiger partial charge in [-0.15, -0.1) is 0 Å². The van der Waals surface area contributed by atoms with Crippen LogP contribution in [-0.4, -0.2) is 53.7 Å². The number of nitrogens with one attached hydrogen (secondary N) is 2. The summed E-state index contributed by atoms with van der Waals surface area (Å²) in [5.74, 6) is -0.625. The first-order valence-electron chi connectivity index (χ1n) is 11.6. The number of hydrogen-bond acceptors (Lipinski definition) is 8. The van der Waals surface area contributed by atoms with Crippen molar-refractivity contribution in [3.05, 3.63) is 48.0 Å². The van der Waals surface area contributed by atoms with Crippen molar-refractivity contribution in [3.63, 3.8) is 0 Å². The van der Waals surface area contributed by atoms with Gasteiger partial charge in [0.1, 0.15) is 11.5 Å². The van der Waals surface area contributed by atoms with E-state index in [-0.39, 0.29) is 28.8 Å². The highest BCUT2D eigenvalue weighted by atomic mass is 32.2. The summed E-state index contributed by atoms with van der Waals surface area (Å²) < 4.78 is 55.6. The predicted octanol–water partition coefficient (Wildman–Crippen LogP) is 3.57. The van der Waals surface area contributed by atoms with E-state index in [9.17, 15) is 17.6 Å². The highest BCUT2D eigenvalue weighted by molar-refractivity contribution is 7.91. The SMILES string of the molecule is CCOC(C)(CNCc1ccc(OC)cc1S(=O)(=O)c1ccc(OCCCCF)cc1)ONC(C)=O. The second kappa shape index (κ2) is 14.1. The summed E-state index contributed by atoms with van der Waals surface area (Å²) >= 11 is 0. The lowest BCUT2D eigenvalue weighted by Gasteiger charge is -2.29. The van der Waals surface area contributed by atoms with Crippen LogP contribution in [0.1, 0.15) is 39.2 Å². The zero-order valence-electron chi connectivity index (χ0n) is 21.1. The van der Waals surface area contributed by atoms with Gasteiger partial charge >= 0.3 is 0 Å². The molecule has 0 aliphatic rings. The minimum absolute atomic E-state index is 0.0897. The van der Waals surface area contributed by atoms with Crippen LogP contribution in [0, 0.1) is 0 Å². The topological polar surface area (TPSA) is 112 Å². The van der Waals surface area contributed by atoms with E-state index in [0.717, 1.165) is 0 Å². The van der Waals surface area contributed by atoms with Crippen molar-refractivity contribution >= 4 is 15.7 Å². The molecule has 0 aliphatic carbocycles. The largest absolute Gasteiger partial charge is 0.497 e. The Bertz CT molecular complexity index is 1080. The fourth-order valence-electron chi connectivity index (χ4n) is 3.31. The molecule has 2 aromatic rings. The quantitative estimate of drug-likeness (QED) is 0.194. The predicted molar refractivity (Wildman–Crippen MR) is 132 cm³/mol. The van der Waals surface area contributed by atoms with Gasteiger partial charge in [0.05, 0.1) is 36.7 Å². The van der Waals surface area contributed by atoms with E-state index in [1.807, 2.05) is 0 Å². The summed E-state index contributed by atoms with van der Waals surface area (Å²) in [4.78, 5) is 16.8. The highest BCUT2D eigenvalue weighted by Crippen LogP contribution is 2.29. The van der Waals surface area contributed by atoms with Crippen LogP contribution in [0.5, 0.6) is 11.5 Å². The number of unbranched alkanes of at least 4 members (excludes halogenated alkanes) is 1. The van der Waals surface area contributed by atoms with Gasteiger partial charge in [-0.3, -0.25) is 9.18 Å². The highest BCUT2D eigenvalue weighted by Gasteiger charge is 2.28. The van der Waals surface area contributed by atoms with Crippen molar-refractivity contribution in [1.82, 2.24) is 10.8 Å². The summed E-state index contributed by atoms with van der Waals surface area (Å²) in [6.07, 6.45) is 0.997. The van der Waals surface area contributed by atoms with Gasteiger partial charge in [0, 0.05) is 20.1 Å².